The molecule has 0 saturated carbocycles. The highest BCUT2D eigenvalue weighted by Crippen LogP contribution is 2.20. The molecule has 0 aliphatic carbocycles. The first-order valence-corrected chi connectivity index (χ1v) is 8.76. The van der Waals surface area contributed by atoms with Crippen molar-refractivity contribution in [1.29, 1.82) is 0 Å². The van der Waals surface area contributed by atoms with Crippen LogP contribution in [0.5, 0.6) is 0 Å². The van der Waals surface area contributed by atoms with Crippen LogP contribution in [0.4, 0.5) is 11.6 Å². The lowest BCUT2D eigenvalue weighted by molar-refractivity contribution is 0.102. The van der Waals surface area contributed by atoms with Gasteiger partial charge in [0.2, 0.25) is 5.95 Å². The van der Waals surface area contributed by atoms with Crippen LogP contribution in [0.25, 0.3) is 0 Å². The van der Waals surface area contributed by atoms with E-state index in [-0.39, 0.29) is 5.91 Å². The summed E-state index contributed by atoms with van der Waals surface area (Å²) in [6, 6.07) is 7.62. The van der Waals surface area contributed by atoms with Gasteiger partial charge in [0.1, 0.15) is 5.69 Å². The molecule has 6 heteroatoms. The fourth-order valence-corrected chi connectivity index (χ4v) is 3.08. The molecule has 0 bridgehead atoms. The summed E-state index contributed by atoms with van der Waals surface area (Å²) in [5, 5.41) is 2.99. The lowest BCUT2D eigenvalue weighted by Crippen LogP contribution is -2.46. The fraction of sp³-hybridized carbons (Fsp3) is 0.421. The number of para-hydroxylation sites is 1. The molecule has 25 heavy (non-hydrogen) atoms. The maximum Gasteiger partial charge on any atom is 0.274 e. The number of piperazine rings is 1. The third-order valence-electron chi connectivity index (χ3n) is 4.70. The summed E-state index contributed by atoms with van der Waals surface area (Å²) in [6.45, 7) is 11.0. The summed E-state index contributed by atoms with van der Waals surface area (Å²) in [7, 11) is 0. The average molecular weight is 339 g/mol. The first-order chi connectivity index (χ1) is 12.1. The van der Waals surface area contributed by atoms with Crippen LogP contribution in [0.2, 0.25) is 0 Å². The fourth-order valence-electron chi connectivity index (χ4n) is 3.08. The van der Waals surface area contributed by atoms with Gasteiger partial charge in [-0.25, -0.2) is 9.97 Å². The van der Waals surface area contributed by atoms with Crippen molar-refractivity contribution in [2.45, 2.75) is 20.8 Å². The zero-order valence-electron chi connectivity index (χ0n) is 15.1. The molecule has 6 nitrogen and oxygen atoms in total. The van der Waals surface area contributed by atoms with E-state index in [0.717, 1.165) is 49.5 Å². The Bertz CT molecular complexity index is 733. The summed E-state index contributed by atoms with van der Waals surface area (Å²) >= 11 is 0. The highest BCUT2D eigenvalue weighted by Gasteiger charge is 2.19. The first-order valence-electron chi connectivity index (χ1n) is 8.76. The Morgan fingerprint density at radius 2 is 1.80 bits per heavy atom. The van der Waals surface area contributed by atoms with Crippen LogP contribution < -0.4 is 10.2 Å². The topological polar surface area (TPSA) is 61.4 Å². The Balaban J connectivity index is 1.74. The summed E-state index contributed by atoms with van der Waals surface area (Å²) < 4.78 is 0. The minimum atomic E-state index is -0.201. The maximum absolute atomic E-state index is 12.6. The van der Waals surface area contributed by atoms with E-state index < -0.39 is 0 Å². The van der Waals surface area contributed by atoms with E-state index >= 15 is 0 Å². The second kappa shape index (κ2) is 7.61. The number of rotatable bonds is 4. The molecule has 0 atom stereocenters. The molecule has 0 radical (unpaired) electrons. The van der Waals surface area contributed by atoms with Gasteiger partial charge in [0.25, 0.3) is 5.91 Å². The standard InChI is InChI=1S/C19H25N5O/c1-4-23-10-12-24(13-11-23)19-20-9-8-16(21-19)18(25)22-17-14(2)6-5-7-15(17)3/h5-9H,4,10-13H2,1-3H3,(H,22,25). The van der Waals surface area contributed by atoms with E-state index in [0.29, 0.717) is 11.6 Å². The van der Waals surface area contributed by atoms with Gasteiger partial charge in [0.15, 0.2) is 0 Å². The normalized spacial score (nSPS) is 15.2. The van der Waals surface area contributed by atoms with Crippen LogP contribution >= 0.6 is 0 Å². The Kier molecular flexibility index (Phi) is 5.28. The molecule has 1 aliphatic rings. The van der Waals surface area contributed by atoms with Gasteiger partial charge >= 0.3 is 0 Å². The highest BCUT2D eigenvalue weighted by atomic mass is 16.1. The molecule has 2 aromatic rings. The SMILES string of the molecule is CCN1CCN(c2nccc(C(=O)Nc3c(C)cccc3C)n2)CC1. The molecule has 1 aromatic carbocycles. The molecular weight excluding hydrogens is 314 g/mol. The number of aromatic nitrogens is 2. The first kappa shape index (κ1) is 17.4. The van der Waals surface area contributed by atoms with Gasteiger partial charge in [0, 0.05) is 38.1 Å². The number of nitrogens with zero attached hydrogens (tertiary/aromatic N) is 4. The zero-order chi connectivity index (χ0) is 17.8. The second-order valence-electron chi connectivity index (χ2n) is 6.38. The number of carbonyl (C=O) groups is 1. The maximum atomic E-state index is 12.6. The van der Waals surface area contributed by atoms with Crippen molar-refractivity contribution in [3.63, 3.8) is 0 Å². The van der Waals surface area contributed by atoms with Crippen LogP contribution in [0.3, 0.4) is 0 Å². The molecular formula is C19H25N5O. The molecule has 0 unspecified atom stereocenters. The van der Waals surface area contributed by atoms with Crippen LogP contribution in [0, 0.1) is 13.8 Å². The number of nitrogens with one attached hydrogen (secondary N) is 1. The van der Waals surface area contributed by atoms with Gasteiger partial charge < -0.3 is 15.1 Å². The van der Waals surface area contributed by atoms with Crippen molar-refractivity contribution in [1.82, 2.24) is 14.9 Å². The number of hydrogen-bond acceptors (Lipinski definition) is 5. The number of aryl methyl sites for hydroxylation is 2. The third kappa shape index (κ3) is 3.96. The summed E-state index contributed by atoms with van der Waals surface area (Å²) in [5.74, 6) is 0.429. The number of likely N-dealkylation sites (N-methyl/N-ethyl adjacent to an activating group) is 1. The minimum absolute atomic E-state index is 0.201. The van der Waals surface area contributed by atoms with Gasteiger partial charge in [-0.1, -0.05) is 25.1 Å². The summed E-state index contributed by atoms with van der Waals surface area (Å²) in [6.07, 6.45) is 1.66. The van der Waals surface area contributed by atoms with Crippen molar-refractivity contribution in [3.05, 3.63) is 47.3 Å². The van der Waals surface area contributed by atoms with Crippen molar-refractivity contribution in [3.8, 4) is 0 Å². The predicted octanol–water partition coefficient (Wildman–Crippen LogP) is 2.49. The molecule has 0 spiro atoms. The molecule has 132 valence electrons. The number of carbonyl (C=O) groups excluding carboxylic acids is 1. The molecule has 1 aromatic heterocycles. The lowest BCUT2D eigenvalue weighted by Gasteiger charge is -2.34. The van der Waals surface area contributed by atoms with Crippen LogP contribution in [-0.4, -0.2) is 53.5 Å². The van der Waals surface area contributed by atoms with E-state index in [9.17, 15) is 4.79 Å². The summed E-state index contributed by atoms with van der Waals surface area (Å²) in [5.41, 5.74) is 3.33. The third-order valence-corrected chi connectivity index (χ3v) is 4.70. The van der Waals surface area contributed by atoms with E-state index in [4.69, 9.17) is 0 Å². The Hall–Kier alpha value is -2.47. The van der Waals surface area contributed by atoms with Crippen molar-refractivity contribution in [2.75, 3.05) is 42.9 Å². The minimum Gasteiger partial charge on any atom is -0.338 e. The molecule has 1 aliphatic heterocycles. The molecule has 1 fully saturated rings. The highest BCUT2D eigenvalue weighted by molar-refractivity contribution is 6.03. The van der Waals surface area contributed by atoms with Crippen molar-refractivity contribution in [2.24, 2.45) is 0 Å². The number of hydrogen-bond donors (Lipinski definition) is 1. The van der Waals surface area contributed by atoms with E-state index in [2.05, 4.69) is 32.0 Å². The quantitative estimate of drug-likeness (QED) is 0.927. The van der Waals surface area contributed by atoms with Crippen molar-refractivity contribution < 1.29 is 4.79 Å². The molecule has 3 rings (SSSR count). The Labute approximate surface area is 148 Å². The monoisotopic (exact) mass is 339 g/mol. The molecule has 1 N–H and O–H groups in total. The summed E-state index contributed by atoms with van der Waals surface area (Å²) in [4.78, 5) is 26.0. The molecule has 1 amide bonds. The van der Waals surface area contributed by atoms with Crippen molar-refractivity contribution >= 4 is 17.5 Å². The van der Waals surface area contributed by atoms with E-state index in [1.807, 2.05) is 32.0 Å². The number of anilines is 2. The van der Waals surface area contributed by atoms with Crippen LogP contribution in [0.15, 0.2) is 30.5 Å². The van der Waals surface area contributed by atoms with Crippen LogP contribution in [0.1, 0.15) is 28.5 Å². The largest absolute Gasteiger partial charge is 0.338 e. The van der Waals surface area contributed by atoms with Gasteiger partial charge in [-0.05, 0) is 37.6 Å². The average Bonchev–Trinajstić information content (AvgIpc) is 2.65. The molecule has 2 heterocycles. The second-order valence-corrected chi connectivity index (χ2v) is 6.38. The van der Waals surface area contributed by atoms with E-state index in [1.54, 1.807) is 12.3 Å². The van der Waals surface area contributed by atoms with Gasteiger partial charge in [0.05, 0.1) is 0 Å². The Morgan fingerprint density at radius 1 is 1.12 bits per heavy atom. The number of amides is 1. The Morgan fingerprint density at radius 3 is 2.44 bits per heavy atom. The number of benzene rings is 1. The smallest absolute Gasteiger partial charge is 0.274 e. The predicted molar refractivity (Wildman–Crippen MR) is 100 cm³/mol. The van der Waals surface area contributed by atoms with Gasteiger partial charge in [-0.2, -0.15) is 0 Å². The van der Waals surface area contributed by atoms with Crippen LogP contribution in [-0.2, 0) is 0 Å². The van der Waals surface area contributed by atoms with E-state index in [1.165, 1.54) is 0 Å². The lowest BCUT2D eigenvalue weighted by atomic mass is 10.1. The van der Waals surface area contributed by atoms with Gasteiger partial charge in [-0.3, -0.25) is 4.79 Å². The zero-order valence-corrected chi connectivity index (χ0v) is 15.1. The van der Waals surface area contributed by atoms with Gasteiger partial charge in [-0.15, -0.1) is 0 Å². The molecule has 1 saturated heterocycles.